The fourth-order valence-corrected chi connectivity index (χ4v) is 2.77. The molecule has 0 aliphatic heterocycles. The molecule has 0 radical (unpaired) electrons. The van der Waals surface area contributed by atoms with Crippen LogP contribution in [0.2, 0.25) is 10.0 Å². The first-order valence-electron chi connectivity index (χ1n) is 8.49. The Morgan fingerprint density at radius 1 is 1.42 bits per heavy atom. The van der Waals surface area contributed by atoms with E-state index in [-0.39, 0.29) is 18.2 Å². The second kappa shape index (κ2) is 8.39. The number of halogens is 2. The van der Waals surface area contributed by atoms with Crippen molar-refractivity contribution >= 4 is 28.9 Å². The molecule has 1 aromatic heterocycles. The Morgan fingerprint density at radius 2 is 2.19 bits per heavy atom. The number of nitrogens with one attached hydrogen (secondary N) is 1. The van der Waals surface area contributed by atoms with Gasteiger partial charge in [-0.15, -0.1) is 0 Å². The number of hydrogen-bond donors (Lipinski definition) is 2. The standard InChI is InChI=1S/C18H21Cl2N3O3/c1-11-2-5-13(6-15(11)19)23-18(25)17(20)16(8-22-23)21-7-14(24)10-26-9-12-3-4-12/h2,5-6,8,12,14,21,24H,3-4,7,9-10H2,1H3. The average molecular weight is 398 g/mol. The van der Waals surface area contributed by atoms with Gasteiger partial charge in [0.2, 0.25) is 0 Å². The minimum Gasteiger partial charge on any atom is -0.389 e. The molecule has 1 atom stereocenters. The van der Waals surface area contributed by atoms with Crippen molar-refractivity contribution in [3.8, 4) is 5.69 Å². The van der Waals surface area contributed by atoms with E-state index in [1.165, 1.54) is 23.7 Å². The summed E-state index contributed by atoms with van der Waals surface area (Å²) < 4.78 is 6.63. The van der Waals surface area contributed by atoms with Gasteiger partial charge in [-0.1, -0.05) is 29.3 Å². The van der Waals surface area contributed by atoms with E-state index < -0.39 is 11.7 Å². The van der Waals surface area contributed by atoms with Crippen LogP contribution < -0.4 is 10.9 Å². The number of aromatic nitrogens is 2. The fraction of sp³-hybridized carbons (Fsp3) is 0.444. The summed E-state index contributed by atoms with van der Waals surface area (Å²) in [5.41, 5.74) is 1.35. The monoisotopic (exact) mass is 397 g/mol. The van der Waals surface area contributed by atoms with Gasteiger partial charge in [-0.25, -0.2) is 0 Å². The van der Waals surface area contributed by atoms with Crippen LogP contribution in [0.15, 0.2) is 29.2 Å². The summed E-state index contributed by atoms with van der Waals surface area (Å²) in [5.74, 6) is 0.650. The molecule has 2 aromatic rings. The molecule has 1 aromatic carbocycles. The Labute approximate surface area is 161 Å². The molecule has 1 saturated carbocycles. The highest BCUT2D eigenvalue weighted by molar-refractivity contribution is 6.33. The van der Waals surface area contributed by atoms with Crippen molar-refractivity contribution < 1.29 is 9.84 Å². The molecule has 140 valence electrons. The Hall–Kier alpha value is -1.60. The molecule has 1 aliphatic carbocycles. The number of rotatable bonds is 8. The van der Waals surface area contributed by atoms with Gasteiger partial charge in [-0.3, -0.25) is 4.79 Å². The number of ether oxygens (including phenoxy) is 1. The second-order valence-corrected chi connectivity index (χ2v) is 7.32. The number of anilines is 1. The van der Waals surface area contributed by atoms with Crippen LogP contribution >= 0.6 is 23.2 Å². The summed E-state index contributed by atoms with van der Waals surface area (Å²) in [6.45, 7) is 3.02. The molecule has 26 heavy (non-hydrogen) atoms. The SMILES string of the molecule is Cc1ccc(-n2ncc(NCC(O)COCC3CC3)c(Cl)c2=O)cc1Cl. The highest BCUT2D eigenvalue weighted by Crippen LogP contribution is 2.28. The molecule has 1 aliphatic rings. The van der Waals surface area contributed by atoms with Crippen molar-refractivity contribution in [1.82, 2.24) is 9.78 Å². The molecular weight excluding hydrogens is 377 g/mol. The van der Waals surface area contributed by atoms with E-state index >= 15 is 0 Å². The molecule has 2 N–H and O–H groups in total. The number of aryl methyl sites for hydroxylation is 1. The van der Waals surface area contributed by atoms with Crippen LogP contribution in [-0.2, 0) is 4.74 Å². The minimum atomic E-state index is -0.692. The van der Waals surface area contributed by atoms with Crippen molar-refractivity contribution in [3.05, 3.63) is 50.4 Å². The van der Waals surface area contributed by atoms with Crippen LogP contribution in [0.5, 0.6) is 0 Å². The lowest BCUT2D eigenvalue weighted by molar-refractivity contribution is 0.0386. The average Bonchev–Trinajstić information content (AvgIpc) is 3.43. The zero-order chi connectivity index (χ0) is 18.7. The molecule has 0 amide bonds. The molecule has 0 saturated heterocycles. The highest BCUT2D eigenvalue weighted by Gasteiger charge is 2.21. The topological polar surface area (TPSA) is 76.4 Å². The van der Waals surface area contributed by atoms with Crippen molar-refractivity contribution in [2.45, 2.75) is 25.9 Å². The fourth-order valence-electron chi connectivity index (χ4n) is 2.40. The molecule has 6 nitrogen and oxygen atoms in total. The number of benzene rings is 1. The van der Waals surface area contributed by atoms with Crippen molar-refractivity contribution in [2.24, 2.45) is 5.92 Å². The summed E-state index contributed by atoms with van der Waals surface area (Å²) in [5, 5.41) is 17.6. The van der Waals surface area contributed by atoms with Gasteiger partial charge in [0.25, 0.3) is 5.56 Å². The molecule has 8 heteroatoms. The molecule has 0 spiro atoms. The van der Waals surface area contributed by atoms with E-state index in [4.69, 9.17) is 27.9 Å². The van der Waals surface area contributed by atoms with Gasteiger partial charge in [0.15, 0.2) is 0 Å². The maximum atomic E-state index is 12.5. The molecule has 1 fully saturated rings. The first-order valence-corrected chi connectivity index (χ1v) is 9.25. The van der Waals surface area contributed by atoms with Crippen LogP contribution in [0, 0.1) is 12.8 Å². The summed E-state index contributed by atoms with van der Waals surface area (Å²) >= 11 is 12.3. The van der Waals surface area contributed by atoms with Crippen LogP contribution in [0.4, 0.5) is 5.69 Å². The third-order valence-electron chi connectivity index (χ3n) is 4.21. The van der Waals surface area contributed by atoms with Gasteiger partial charge < -0.3 is 15.2 Å². The van der Waals surface area contributed by atoms with Crippen molar-refractivity contribution in [3.63, 3.8) is 0 Å². The van der Waals surface area contributed by atoms with E-state index in [0.29, 0.717) is 28.9 Å². The Morgan fingerprint density at radius 3 is 2.88 bits per heavy atom. The Bertz CT molecular complexity index is 837. The minimum absolute atomic E-state index is 0.00259. The number of aliphatic hydroxyl groups is 1. The van der Waals surface area contributed by atoms with E-state index in [1.807, 2.05) is 13.0 Å². The molecule has 0 bridgehead atoms. The number of aliphatic hydroxyl groups excluding tert-OH is 1. The predicted octanol–water partition coefficient (Wildman–Crippen LogP) is 3.05. The highest BCUT2D eigenvalue weighted by atomic mass is 35.5. The van der Waals surface area contributed by atoms with Gasteiger partial charge in [-0.2, -0.15) is 9.78 Å². The van der Waals surface area contributed by atoms with Crippen molar-refractivity contribution in [1.29, 1.82) is 0 Å². The number of hydrogen-bond acceptors (Lipinski definition) is 5. The Balaban J connectivity index is 1.64. The van der Waals surface area contributed by atoms with Gasteiger partial charge in [0.1, 0.15) is 5.02 Å². The Kier molecular flexibility index (Phi) is 6.19. The summed E-state index contributed by atoms with van der Waals surface area (Å²) in [6, 6.07) is 5.22. The summed E-state index contributed by atoms with van der Waals surface area (Å²) in [7, 11) is 0. The third-order valence-corrected chi connectivity index (χ3v) is 4.98. The summed E-state index contributed by atoms with van der Waals surface area (Å²) in [6.07, 6.45) is 3.18. The second-order valence-electron chi connectivity index (χ2n) is 6.54. The van der Waals surface area contributed by atoms with E-state index in [9.17, 15) is 9.90 Å². The van der Waals surface area contributed by atoms with Crippen LogP contribution in [0.1, 0.15) is 18.4 Å². The first kappa shape index (κ1) is 19.2. The lowest BCUT2D eigenvalue weighted by Crippen LogP contribution is -2.27. The molecule has 1 heterocycles. The maximum Gasteiger partial charge on any atom is 0.292 e. The quantitative estimate of drug-likeness (QED) is 0.715. The normalized spacial score (nSPS) is 15.1. The number of nitrogens with zero attached hydrogens (tertiary/aromatic N) is 2. The van der Waals surface area contributed by atoms with Gasteiger partial charge >= 0.3 is 0 Å². The molecule has 3 rings (SSSR count). The lowest BCUT2D eigenvalue weighted by atomic mass is 10.2. The smallest absolute Gasteiger partial charge is 0.292 e. The largest absolute Gasteiger partial charge is 0.389 e. The van der Waals surface area contributed by atoms with Crippen LogP contribution in [-0.4, -0.2) is 40.7 Å². The molecule has 1 unspecified atom stereocenters. The van der Waals surface area contributed by atoms with Gasteiger partial charge in [-0.05, 0) is 43.4 Å². The molecular formula is C18H21Cl2N3O3. The lowest BCUT2D eigenvalue weighted by Gasteiger charge is -2.14. The van der Waals surface area contributed by atoms with E-state index in [2.05, 4.69) is 10.4 Å². The zero-order valence-corrected chi connectivity index (χ0v) is 15.9. The van der Waals surface area contributed by atoms with Gasteiger partial charge in [0.05, 0.1) is 30.3 Å². The first-order chi connectivity index (χ1) is 12.5. The van der Waals surface area contributed by atoms with E-state index in [1.54, 1.807) is 12.1 Å². The summed E-state index contributed by atoms with van der Waals surface area (Å²) in [4.78, 5) is 12.5. The zero-order valence-electron chi connectivity index (χ0n) is 14.4. The van der Waals surface area contributed by atoms with Crippen LogP contribution in [0.25, 0.3) is 5.69 Å². The van der Waals surface area contributed by atoms with Crippen LogP contribution in [0.3, 0.4) is 0 Å². The van der Waals surface area contributed by atoms with E-state index in [0.717, 1.165) is 5.56 Å². The maximum absolute atomic E-state index is 12.5. The van der Waals surface area contributed by atoms with Gasteiger partial charge in [0, 0.05) is 18.2 Å². The predicted molar refractivity (Wildman–Crippen MR) is 103 cm³/mol. The van der Waals surface area contributed by atoms with Crippen molar-refractivity contribution in [2.75, 3.05) is 25.1 Å². The third kappa shape index (κ3) is 4.76.